The zero-order chi connectivity index (χ0) is 15.7. The highest BCUT2D eigenvalue weighted by atomic mass is 16.5. The third kappa shape index (κ3) is 7.14. The van der Waals surface area contributed by atoms with Crippen molar-refractivity contribution in [3.05, 3.63) is 29.8 Å². The summed E-state index contributed by atoms with van der Waals surface area (Å²) < 4.78 is 9.94. The van der Waals surface area contributed by atoms with E-state index < -0.39 is 0 Å². The topological polar surface area (TPSA) is 47.6 Å². The lowest BCUT2D eigenvalue weighted by Crippen LogP contribution is -2.34. The number of esters is 1. The maximum absolute atomic E-state index is 11.5. The molecule has 21 heavy (non-hydrogen) atoms. The molecule has 0 aromatic heterocycles. The van der Waals surface area contributed by atoms with Crippen LogP contribution in [0.2, 0.25) is 0 Å². The summed E-state index contributed by atoms with van der Waals surface area (Å²) in [6, 6.07) is 8.06. The molecule has 0 saturated carbocycles. The molecular formula is C17H27NO3. The van der Waals surface area contributed by atoms with E-state index >= 15 is 0 Å². The van der Waals surface area contributed by atoms with Gasteiger partial charge in [0, 0.05) is 6.04 Å². The summed E-state index contributed by atoms with van der Waals surface area (Å²) in [5.74, 6) is 1.32. The Balaban J connectivity index is 2.59. The van der Waals surface area contributed by atoms with Crippen LogP contribution in [-0.4, -0.2) is 32.8 Å². The maximum atomic E-state index is 11.5. The van der Waals surface area contributed by atoms with Crippen LogP contribution in [0.25, 0.3) is 0 Å². The van der Waals surface area contributed by atoms with E-state index in [1.807, 2.05) is 24.3 Å². The minimum Gasteiger partial charge on any atom is -0.497 e. The quantitative estimate of drug-likeness (QED) is 0.711. The summed E-state index contributed by atoms with van der Waals surface area (Å²) >= 11 is 0. The molecule has 0 aliphatic heterocycles. The fourth-order valence-corrected chi connectivity index (χ4v) is 2.12. The largest absolute Gasteiger partial charge is 0.497 e. The lowest BCUT2D eigenvalue weighted by molar-refractivity contribution is -0.141. The SMILES string of the molecule is COC(=O)CC(Cc1ccc(OC)cc1)NCCC(C)C. The third-order valence-corrected chi connectivity index (χ3v) is 3.44. The first-order valence-electron chi connectivity index (χ1n) is 7.48. The van der Waals surface area contributed by atoms with E-state index in [1.165, 1.54) is 12.7 Å². The van der Waals surface area contributed by atoms with Gasteiger partial charge < -0.3 is 14.8 Å². The number of carbonyl (C=O) groups is 1. The van der Waals surface area contributed by atoms with Gasteiger partial charge in [-0.2, -0.15) is 0 Å². The number of benzene rings is 1. The van der Waals surface area contributed by atoms with E-state index in [0.717, 1.165) is 25.1 Å². The van der Waals surface area contributed by atoms with Gasteiger partial charge in [-0.05, 0) is 43.0 Å². The van der Waals surface area contributed by atoms with Crippen LogP contribution in [0.4, 0.5) is 0 Å². The molecule has 4 nitrogen and oxygen atoms in total. The van der Waals surface area contributed by atoms with E-state index in [0.29, 0.717) is 12.3 Å². The first-order valence-corrected chi connectivity index (χ1v) is 7.48. The van der Waals surface area contributed by atoms with E-state index in [4.69, 9.17) is 9.47 Å². The molecule has 1 rings (SSSR count). The van der Waals surface area contributed by atoms with Gasteiger partial charge in [0.2, 0.25) is 0 Å². The van der Waals surface area contributed by atoms with Crippen molar-refractivity contribution in [3.63, 3.8) is 0 Å². The molecule has 0 aliphatic carbocycles. The molecule has 0 bridgehead atoms. The van der Waals surface area contributed by atoms with Gasteiger partial charge in [0.1, 0.15) is 5.75 Å². The second-order valence-corrected chi connectivity index (χ2v) is 5.67. The van der Waals surface area contributed by atoms with Crippen molar-refractivity contribution in [1.29, 1.82) is 0 Å². The van der Waals surface area contributed by atoms with Crippen molar-refractivity contribution in [2.45, 2.75) is 39.2 Å². The lowest BCUT2D eigenvalue weighted by Gasteiger charge is -2.18. The van der Waals surface area contributed by atoms with Crippen LogP contribution in [0.15, 0.2) is 24.3 Å². The molecular weight excluding hydrogens is 266 g/mol. The highest BCUT2D eigenvalue weighted by Gasteiger charge is 2.14. The van der Waals surface area contributed by atoms with E-state index in [1.54, 1.807) is 7.11 Å². The van der Waals surface area contributed by atoms with Crippen LogP contribution < -0.4 is 10.1 Å². The molecule has 1 N–H and O–H groups in total. The van der Waals surface area contributed by atoms with Crippen LogP contribution in [0.1, 0.15) is 32.3 Å². The summed E-state index contributed by atoms with van der Waals surface area (Å²) in [7, 11) is 3.09. The van der Waals surface area contributed by atoms with Gasteiger partial charge in [0.05, 0.1) is 20.6 Å². The second kappa shape index (κ2) is 9.40. The number of methoxy groups -OCH3 is 2. The first kappa shape index (κ1) is 17.5. The van der Waals surface area contributed by atoms with E-state index in [9.17, 15) is 4.79 Å². The molecule has 0 heterocycles. The van der Waals surface area contributed by atoms with Crippen LogP contribution in [0.5, 0.6) is 5.75 Å². The molecule has 1 aromatic carbocycles. The Kier molecular flexibility index (Phi) is 7.83. The highest BCUT2D eigenvalue weighted by Crippen LogP contribution is 2.14. The van der Waals surface area contributed by atoms with Crippen molar-refractivity contribution in [1.82, 2.24) is 5.32 Å². The van der Waals surface area contributed by atoms with Crippen molar-refractivity contribution < 1.29 is 14.3 Å². The highest BCUT2D eigenvalue weighted by molar-refractivity contribution is 5.70. The Bertz CT molecular complexity index is 415. The van der Waals surface area contributed by atoms with Gasteiger partial charge in [-0.3, -0.25) is 4.79 Å². The Hall–Kier alpha value is -1.55. The van der Waals surface area contributed by atoms with Gasteiger partial charge in [-0.15, -0.1) is 0 Å². The maximum Gasteiger partial charge on any atom is 0.307 e. The number of carbonyl (C=O) groups excluding carboxylic acids is 1. The molecule has 0 saturated heterocycles. The fraction of sp³-hybridized carbons (Fsp3) is 0.588. The number of nitrogens with one attached hydrogen (secondary N) is 1. The normalized spacial score (nSPS) is 12.2. The predicted molar refractivity (Wildman–Crippen MR) is 84.6 cm³/mol. The standard InChI is InChI=1S/C17H27NO3/c1-13(2)9-10-18-15(12-17(19)21-4)11-14-5-7-16(20-3)8-6-14/h5-8,13,15,18H,9-12H2,1-4H3. The predicted octanol–water partition coefficient (Wildman–Crippen LogP) is 2.81. The zero-order valence-corrected chi connectivity index (χ0v) is 13.5. The molecule has 1 aromatic rings. The monoisotopic (exact) mass is 293 g/mol. The summed E-state index contributed by atoms with van der Waals surface area (Å²) in [5, 5.41) is 3.46. The Morgan fingerprint density at radius 1 is 1.19 bits per heavy atom. The minimum absolute atomic E-state index is 0.101. The number of rotatable bonds is 9. The number of hydrogen-bond acceptors (Lipinski definition) is 4. The van der Waals surface area contributed by atoms with Gasteiger partial charge >= 0.3 is 5.97 Å². The Morgan fingerprint density at radius 3 is 2.38 bits per heavy atom. The average molecular weight is 293 g/mol. The lowest BCUT2D eigenvalue weighted by atomic mass is 10.0. The van der Waals surface area contributed by atoms with Crippen LogP contribution in [0.3, 0.4) is 0 Å². The molecule has 0 aliphatic rings. The van der Waals surface area contributed by atoms with Crippen molar-refractivity contribution >= 4 is 5.97 Å². The Morgan fingerprint density at radius 2 is 1.86 bits per heavy atom. The van der Waals surface area contributed by atoms with E-state index in [2.05, 4.69) is 19.2 Å². The molecule has 118 valence electrons. The molecule has 0 radical (unpaired) electrons. The third-order valence-electron chi connectivity index (χ3n) is 3.44. The molecule has 4 heteroatoms. The number of ether oxygens (including phenoxy) is 2. The van der Waals surface area contributed by atoms with Gasteiger partial charge in [-0.1, -0.05) is 26.0 Å². The molecule has 0 spiro atoms. The first-order chi connectivity index (χ1) is 10.0. The summed E-state index contributed by atoms with van der Waals surface area (Å²) in [6.07, 6.45) is 2.29. The van der Waals surface area contributed by atoms with Crippen molar-refractivity contribution in [2.75, 3.05) is 20.8 Å². The summed E-state index contributed by atoms with van der Waals surface area (Å²) in [4.78, 5) is 11.5. The van der Waals surface area contributed by atoms with Gasteiger partial charge in [-0.25, -0.2) is 0 Å². The van der Waals surface area contributed by atoms with Gasteiger partial charge in [0.15, 0.2) is 0 Å². The average Bonchev–Trinajstić information content (AvgIpc) is 2.47. The molecule has 1 unspecified atom stereocenters. The van der Waals surface area contributed by atoms with Crippen LogP contribution in [0, 0.1) is 5.92 Å². The van der Waals surface area contributed by atoms with Crippen molar-refractivity contribution in [2.24, 2.45) is 5.92 Å². The van der Waals surface area contributed by atoms with Crippen LogP contribution in [-0.2, 0) is 16.0 Å². The van der Waals surface area contributed by atoms with Crippen LogP contribution >= 0.6 is 0 Å². The Labute approximate surface area is 127 Å². The fourth-order valence-electron chi connectivity index (χ4n) is 2.12. The summed E-state index contributed by atoms with van der Waals surface area (Å²) in [6.45, 7) is 5.30. The van der Waals surface area contributed by atoms with Gasteiger partial charge in [0.25, 0.3) is 0 Å². The van der Waals surface area contributed by atoms with E-state index in [-0.39, 0.29) is 12.0 Å². The smallest absolute Gasteiger partial charge is 0.307 e. The minimum atomic E-state index is -0.175. The number of hydrogen-bond donors (Lipinski definition) is 1. The molecule has 0 fully saturated rings. The molecule has 1 atom stereocenters. The second-order valence-electron chi connectivity index (χ2n) is 5.67. The zero-order valence-electron chi connectivity index (χ0n) is 13.5. The molecule has 0 amide bonds. The van der Waals surface area contributed by atoms with Crippen molar-refractivity contribution in [3.8, 4) is 5.75 Å². The summed E-state index contributed by atoms with van der Waals surface area (Å²) in [5.41, 5.74) is 1.18.